The molecule has 2 N–H and O–H groups in total. The molecule has 0 spiro atoms. The van der Waals surface area contributed by atoms with E-state index in [1.54, 1.807) is 0 Å². The van der Waals surface area contributed by atoms with Gasteiger partial charge < -0.3 is 15.2 Å². The minimum atomic E-state index is 0.0393. The molecule has 0 aromatic carbocycles. The van der Waals surface area contributed by atoms with Crippen LogP contribution in [0, 0.1) is 0 Å². The Bertz CT molecular complexity index is 393. The Morgan fingerprint density at radius 3 is 2.83 bits per heavy atom. The molecule has 1 aromatic heterocycles. The first-order valence-corrected chi connectivity index (χ1v) is 6.87. The Hall–Kier alpha value is -1.29. The van der Waals surface area contributed by atoms with Crippen molar-refractivity contribution in [3.63, 3.8) is 0 Å². The van der Waals surface area contributed by atoms with E-state index >= 15 is 0 Å². The van der Waals surface area contributed by atoms with Gasteiger partial charge in [0.1, 0.15) is 5.69 Å². The molecule has 0 saturated heterocycles. The molecule has 1 fully saturated rings. The summed E-state index contributed by atoms with van der Waals surface area (Å²) in [4.78, 5) is 12.1. The van der Waals surface area contributed by atoms with Gasteiger partial charge in [-0.25, -0.2) is 0 Å². The van der Waals surface area contributed by atoms with Gasteiger partial charge in [0.2, 0.25) is 0 Å². The highest BCUT2D eigenvalue weighted by molar-refractivity contribution is 5.92. The van der Waals surface area contributed by atoms with Crippen LogP contribution >= 0.6 is 0 Å². The Kier molecular flexibility index (Phi) is 4.42. The zero-order valence-electron chi connectivity index (χ0n) is 11.3. The van der Waals surface area contributed by atoms with Gasteiger partial charge >= 0.3 is 0 Å². The Labute approximate surface area is 109 Å². The van der Waals surface area contributed by atoms with Gasteiger partial charge in [-0.2, -0.15) is 0 Å². The Morgan fingerprint density at radius 1 is 1.44 bits per heavy atom. The summed E-state index contributed by atoms with van der Waals surface area (Å²) in [6, 6.07) is 4.86. The van der Waals surface area contributed by atoms with Crippen molar-refractivity contribution in [3.8, 4) is 0 Å². The monoisotopic (exact) mass is 249 g/mol. The predicted octanol–water partition coefficient (Wildman–Crippen LogP) is 1.94. The molecule has 1 amide bonds. The molecule has 2 rings (SSSR count). The van der Waals surface area contributed by atoms with E-state index in [4.69, 9.17) is 0 Å². The molecule has 0 atom stereocenters. The summed E-state index contributed by atoms with van der Waals surface area (Å²) in [6.45, 7) is 5.69. The number of carbonyl (C=O) groups is 1. The number of aromatic nitrogens is 1. The van der Waals surface area contributed by atoms with Crippen LogP contribution in [0.4, 0.5) is 0 Å². The van der Waals surface area contributed by atoms with Crippen LogP contribution in [-0.4, -0.2) is 29.6 Å². The smallest absolute Gasteiger partial charge is 0.267 e. The second-order valence-electron chi connectivity index (χ2n) is 5.25. The second kappa shape index (κ2) is 6.05. The van der Waals surface area contributed by atoms with Crippen LogP contribution in [-0.2, 0) is 0 Å². The molecule has 4 nitrogen and oxygen atoms in total. The number of rotatable bonds is 6. The standard InChI is InChI=1S/C14H23N3O/c1-11(2)15-8-9-16-14(18)13-7-4-10-17(13)12-5-3-6-12/h4,7,10-12,15H,3,5-6,8-9H2,1-2H3,(H,16,18). The summed E-state index contributed by atoms with van der Waals surface area (Å²) >= 11 is 0. The molecule has 4 heteroatoms. The maximum absolute atomic E-state index is 12.1. The zero-order chi connectivity index (χ0) is 13.0. The number of hydrogen-bond acceptors (Lipinski definition) is 2. The third-order valence-electron chi connectivity index (χ3n) is 3.44. The van der Waals surface area contributed by atoms with Gasteiger partial charge in [0.15, 0.2) is 0 Å². The van der Waals surface area contributed by atoms with Crippen molar-refractivity contribution >= 4 is 5.91 Å². The van der Waals surface area contributed by atoms with Crippen LogP contribution in [0.2, 0.25) is 0 Å². The fourth-order valence-electron chi connectivity index (χ4n) is 2.20. The molecule has 1 heterocycles. The van der Waals surface area contributed by atoms with Crippen molar-refractivity contribution in [3.05, 3.63) is 24.0 Å². The first-order chi connectivity index (χ1) is 8.68. The summed E-state index contributed by atoms with van der Waals surface area (Å²) < 4.78 is 2.12. The fourth-order valence-corrected chi connectivity index (χ4v) is 2.20. The van der Waals surface area contributed by atoms with Gasteiger partial charge in [-0.15, -0.1) is 0 Å². The number of hydrogen-bond donors (Lipinski definition) is 2. The lowest BCUT2D eigenvalue weighted by molar-refractivity contribution is 0.0938. The molecule has 1 saturated carbocycles. The van der Waals surface area contributed by atoms with Gasteiger partial charge in [-0.3, -0.25) is 4.79 Å². The summed E-state index contributed by atoms with van der Waals surface area (Å²) in [5, 5.41) is 6.25. The lowest BCUT2D eigenvalue weighted by Crippen LogP contribution is -2.35. The number of nitrogens with one attached hydrogen (secondary N) is 2. The molecule has 1 aliphatic carbocycles. The third-order valence-corrected chi connectivity index (χ3v) is 3.44. The SMILES string of the molecule is CC(C)NCCNC(=O)c1cccn1C1CCC1. The maximum Gasteiger partial charge on any atom is 0.267 e. The summed E-state index contributed by atoms with van der Waals surface area (Å²) in [6.07, 6.45) is 5.70. The van der Waals surface area contributed by atoms with Crippen LogP contribution < -0.4 is 10.6 Å². The van der Waals surface area contributed by atoms with Gasteiger partial charge in [-0.05, 0) is 31.4 Å². The summed E-state index contributed by atoms with van der Waals surface area (Å²) in [5.74, 6) is 0.0393. The van der Waals surface area contributed by atoms with Crippen molar-refractivity contribution in [2.24, 2.45) is 0 Å². The first kappa shape index (κ1) is 13.1. The lowest BCUT2D eigenvalue weighted by atomic mass is 9.93. The molecule has 18 heavy (non-hydrogen) atoms. The molecular formula is C14H23N3O. The van der Waals surface area contributed by atoms with E-state index in [-0.39, 0.29) is 5.91 Å². The van der Waals surface area contributed by atoms with Crippen LogP contribution in [0.15, 0.2) is 18.3 Å². The average molecular weight is 249 g/mol. The highest BCUT2D eigenvalue weighted by atomic mass is 16.1. The van der Waals surface area contributed by atoms with E-state index < -0.39 is 0 Å². The van der Waals surface area contributed by atoms with E-state index in [1.165, 1.54) is 19.3 Å². The fraction of sp³-hybridized carbons (Fsp3) is 0.643. The summed E-state index contributed by atoms with van der Waals surface area (Å²) in [5.41, 5.74) is 0.796. The largest absolute Gasteiger partial charge is 0.349 e. The third kappa shape index (κ3) is 3.13. The summed E-state index contributed by atoms with van der Waals surface area (Å²) in [7, 11) is 0. The number of carbonyl (C=O) groups excluding carboxylic acids is 1. The van der Waals surface area contributed by atoms with Crippen LogP contribution in [0.25, 0.3) is 0 Å². The van der Waals surface area contributed by atoms with Crippen molar-refractivity contribution in [1.29, 1.82) is 0 Å². The maximum atomic E-state index is 12.1. The second-order valence-corrected chi connectivity index (χ2v) is 5.25. The van der Waals surface area contributed by atoms with Crippen LogP contribution in [0.5, 0.6) is 0 Å². The van der Waals surface area contributed by atoms with Gasteiger partial charge in [0.05, 0.1) is 0 Å². The average Bonchev–Trinajstić information content (AvgIpc) is 2.70. The van der Waals surface area contributed by atoms with E-state index in [0.717, 1.165) is 12.2 Å². The molecule has 0 bridgehead atoms. The lowest BCUT2D eigenvalue weighted by Gasteiger charge is -2.28. The molecule has 1 aliphatic rings. The minimum Gasteiger partial charge on any atom is -0.349 e. The molecule has 1 aromatic rings. The molecular weight excluding hydrogens is 226 g/mol. The van der Waals surface area contributed by atoms with Crippen molar-refractivity contribution in [2.45, 2.75) is 45.2 Å². The highest BCUT2D eigenvalue weighted by Crippen LogP contribution is 2.32. The van der Waals surface area contributed by atoms with E-state index in [1.807, 2.05) is 18.3 Å². The Balaban J connectivity index is 1.83. The zero-order valence-corrected chi connectivity index (χ0v) is 11.3. The van der Waals surface area contributed by atoms with E-state index in [2.05, 4.69) is 29.0 Å². The van der Waals surface area contributed by atoms with Crippen LogP contribution in [0.3, 0.4) is 0 Å². The molecule has 0 radical (unpaired) electrons. The normalized spacial score (nSPS) is 15.7. The van der Waals surface area contributed by atoms with E-state index in [0.29, 0.717) is 18.6 Å². The topological polar surface area (TPSA) is 46.1 Å². The number of nitrogens with zero attached hydrogens (tertiary/aromatic N) is 1. The quantitative estimate of drug-likeness (QED) is 0.757. The highest BCUT2D eigenvalue weighted by Gasteiger charge is 2.22. The Morgan fingerprint density at radius 2 is 2.22 bits per heavy atom. The molecule has 0 unspecified atom stereocenters. The predicted molar refractivity (Wildman–Crippen MR) is 72.8 cm³/mol. The molecule has 0 aliphatic heterocycles. The van der Waals surface area contributed by atoms with E-state index in [9.17, 15) is 4.79 Å². The van der Waals surface area contributed by atoms with Crippen LogP contribution in [0.1, 0.15) is 49.6 Å². The van der Waals surface area contributed by atoms with Crippen molar-refractivity contribution in [1.82, 2.24) is 15.2 Å². The van der Waals surface area contributed by atoms with Gasteiger partial charge in [-0.1, -0.05) is 13.8 Å². The van der Waals surface area contributed by atoms with Crippen molar-refractivity contribution in [2.75, 3.05) is 13.1 Å². The molecule has 100 valence electrons. The minimum absolute atomic E-state index is 0.0393. The van der Waals surface area contributed by atoms with Gasteiger partial charge in [0, 0.05) is 31.4 Å². The van der Waals surface area contributed by atoms with Crippen molar-refractivity contribution < 1.29 is 4.79 Å². The first-order valence-electron chi connectivity index (χ1n) is 6.87. The number of amides is 1. The van der Waals surface area contributed by atoms with Gasteiger partial charge in [0.25, 0.3) is 5.91 Å².